The Hall–Kier alpha value is -1.88. The molecule has 1 aromatic carbocycles. The minimum atomic E-state index is -0.167. The molecular formula is C17H25N3O2. The zero-order valence-corrected chi connectivity index (χ0v) is 13.6. The largest absolute Gasteiger partial charge is 0.355 e. The molecule has 0 aliphatic heterocycles. The minimum Gasteiger partial charge on any atom is -0.355 e. The number of para-hydroxylation sites is 1. The Balaban J connectivity index is 1.88. The first-order chi connectivity index (χ1) is 10.5. The lowest BCUT2D eigenvalue weighted by molar-refractivity contribution is -0.126. The Morgan fingerprint density at radius 3 is 2.45 bits per heavy atom. The van der Waals surface area contributed by atoms with Crippen molar-refractivity contribution in [3.63, 3.8) is 0 Å². The summed E-state index contributed by atoms with van der Waals surface area (Å²) in [5.41, 5.74) is 0.897. The number of hydrogen-bond donors (Lipinski definition) is 1. The second-order valence-electron chi connectivity index (χ2n) is 5.96. The van der Waals surface area contributed by atoms with Gasteiger partial charge >= 0.3 is 0 Å². The highest BCUT2D eigenvalue weighted by Crippen LogP contribution is 2.40. The van der Waals surface area contributed by atoms with Crippen LogP contribution in [-0.4, -0.2) is 50.4 Å². The first kappa shape index (κ1) is 16.5. The molecule has 1 aromatic rings. The Kier molecular flexibility index (Phi) is 5.55. The van der Waals surface area contributed by atoms with Crippen molar-refractivity contribution in [3.05, 3.63) is 30.3 Å². The summed E-state index contributed by atoms with van der Waals surface area (Å²) < 4.78 is 0. The van der Waals surface area contributed by atoms with E-state index < -0.39 is 0 Å². The van der Waals surface area contributed by atoms with Gasteiger partial charge in [0.05, 0.1) is 11.8 Å². The van der Waals surface area contributed by atoms with Crippen LogP contribution in [0.4, 0.5) is 5.69 Å². The van der Waals surface area contributed by atoms with Gasteiger partial charge in [-0.1, -0.05) is 18.2 Å². The monoisotopic (exact) mass is 303 g/mol. The van der Waals surface area contributed by atoms with Crippen LogP contribution in [0.25, 0.3) is 0 Å². The van der Waals surface area contributed by atoms with Crippen molar-refractivity contribution in [1.82, 2.24) is 10.2 Å². The molecule has 2 amide bonds. The van der Waals surface area contributed by atoms with Crippen LogP contribution >= 0.6 is 0 Å². The summed E-state index contributed by atoms with van der Waals surface area (Å²) in [5, 5.41) is 2.91. The van der Waals surface area contributed by atoms with Crippen molar-refractivity contribution < 1.29 is 9.59 Å². The van der Waals surface area contributed by atoms with Crippen LogP contribution in [-0.2, 0) is 9.59 Å². The third-order valence-electron chi connectivity index (χ3n) is 3.95. The summed E-state index contributed by atoms with van der Waals surface area (Å²) in [6.07, 6.45) is 0.663. The number of carbonyl (C=O) groups excluding carboxylic acids is 2. The molecule has 0 radical (unpaired) electrons. The standard InChI is InChI=1S/C17H25N3O2/c1-4-20(13-8-6-5-7-9-13)17(22)15-12-14(15)16(21)18-10-11-19(2)3/h5-9,14-15H,4,10-12H2,1-3H3,(H,18,21). The smallest absolute Gasteiger partial charge is 0.230 e. The number of nitrogens with zero attached hydrogens (tertiary/aromatic N) is 2. The summed E-state index contributed by atoms with van der Waals surface area (Å²) in [5.74, 6) is -0.266. The average molecular weight is 303 g/mol. The van der Waals surface area contributed by atoms with Crippen LogP contribution in [0.3, 0.4) is 0 Å². The molecule has 120 valence electrons. The van der Waals surface area contributed by atoms with Crippen molar-refractivity contribution in [2.75, 3.05) is 38.6 Å². The van der Waals surface area contributed by atoms with Gasteiger partial charge in [-0.15, -0.1) is 0 Å². The second-order valence-corrected chi connectivity index (χ2v) is 5.96. The Labute approximate surface area is 132 Å². The van der Waals surface area contributed by atoms with E-state index in [0.717, 1.165) is 12.2 Å². The fourth-order valence-electron chi connectivity index (χ4n) is 2.57. The zero-order chi connectivity index (χ0) is 16.1. The first-order valence-corrected chi connectivity index (χ1v) is 7.83. The van der Waals surface area contributed by atoms with Crippen molar-refractivity contribution in [2.45, 2.75) is 13.3 Å². The topological polar surface area (TPSA) is 52.7 Å². The average Bonchev–Trinajstić information content (AvgIpc) is 3.29. The maximum atomic E-state index is 12.6. The number of likely N-dealkylation sites (N-methyl/N-ethyl adjacent to an activating group) is 1. The van der Waals surface area contributed by atoms with Gasteiger partial charge in [-0.2, -0.15) is 0 Å². The van der Waals surface area contributed by atoms with Crippen LogP contribution in [0.2, 0.25) is 0 Å². The van der Waals surface area contributed by atoms with Gasteiger partial charge in [-0.05, 0) is 39.6 Å². The van der Waals surface area contributed by atoms with Gasteiger partial charge in [0.15, 0.2) is 0 Å². The lowest BCUT2D eigenvalue weighted by atomic mass is 10.2. The number of hydrogen-bond acceptors (Lipinski definition) is 3. The molecule has 0 spiro atoms. The molecular weight excluding hydrogens is 278 g/mol. The van der Waals surface area contributed by atoms with E-state index in [1.807, 2.05) is 56.3 Å². The quantitative estimate of drug-likeness (QED) is 0.827. The molecule has 1 saturated carbocycles. The van der Waals surface area contributed by atoms with E-state index in [2.05, 4.69) is 5.32 Å². The minimum absolute atomic E-state index is 0.00400. The molecule has 5 heteroatoms. The summed E-state index contributed by atoms with van der Waals surface area (Å²) in [6, 6.07) is 9.62. The zero-order valence-electron chi connectivity index (χ0n) is 13.6. The third-order valence-corrected chi connectivity index (χ3v) is 3.95. The van der Waals surface area contributed by atoms with E-state index in [4.69, 9.17) is 0 Å². The summed E-state index contributed by atoms with van der Waals surface area (Å²) in [6.45, 7) is 4.01. The lowest BCUT2D eigenvalue weighted by Gasteiger charge is -2.21. The Morgan fingerprint density at radius 2 is 1.86 bits per heavy atom. The number of nitrogens with one attached hydrogen (secondary N) is 1. The fraction of sp³-hybridized carbons (Fsp3) is 0.529. The molecule has 0 saturated heterocycles. The molecule has 0 heterocycles. The van der Waals surface area contributed by atoms with Crippen LogP contribution in [0.5, 0.6) is 0 Å². The van der Waals surface area contributed by atoms with E-state index in [1.165, 1.54) is 0 Å². The summed E-state index contributed by atoms with van der Waals surface area (Å²) in [7, 11) is 3.93. The molecule has 22 heavy (non-hydrogen) atoms. The Bertz CT molecular complexity index is 516. The molecule has 5 nitrogen and oxygen atoms in total. The molecule has 1 aliphatic rings. The van der Waals surface area contributed by atoms with Crippen molar-refractivity contribution in [2.24, 2.45) is 11.8 Å². The van der Waals surface area contributed by atoms with E-state index >= 15 is 0 Å². The van der Waals surface area contributed by atoms with E-state index in [9.17, 15) is 9.59 Å². The van der Waals surface area contributed by atoms with Crippen LogP contribution < -0.4 is 10.2 Å². The highest BCUT2D eigenvalue weighted by Gasteiger charge is 2.49. The van der Waals surface area contributed by atoms with Crippen molar-refractivity contribution >= 4 is 17.5 Å². The van der Waals surface area contributed by atoms with Crippen molar-refractivity contribution in [1.29, 1.82) is 0 Å². The fourth-order valence-corrected chi connectivity index (χ4v) is 2.57. The predicted octanol–water partition coefficient (Wildman–Crippen LogP) is 1.35. The number of carbonyl (C=O) groups is 2. The molecule has 2 atom stereocenters. The van der Waals surface area contributed by atoms with Gasteiger partial charge in [-0.25, -0.2) is 0 Å². The van der Waals surface area contributed by atoms with E-state index in [1.54, 1.807) is 4.90 Å². The lowest BCUT2D eigenvalue weighted by Crippen LogP contribution is -2.36. The molecule has 1 N–H and O–H groups in total. The normalized spacial score (nSPS) is 19.8. The van der Waals surface area contributed by atoms with Crippen LogP contribution in [0, 0.1) is 11.8 Å². The van der Waals surface area contributed by atoms with Gasteiger partial charge in [0.2, 0.25) is 11.8 Å². The summed E-state index contributed by atoms with van der Waals surface area (Å²) in [4.78, 5) is 28.4. The number of amides is 2. The van der Waals surface area contributed by atoms with Gasteiger partial charge in [0, 0.05) is 25.3 Å². The molecule has 0 bridgehead atoms. The molecule has 1 aliphatic carbocycles. The van der Waals surface area contributed by atoms with E-state index in [-0.39, 0.29) is 23.7 Å². The SMILES string of the molecule is CCN(C(=O)C1CC1C(=O)NCCN(C)C)c1ccccc1. The molecule has 1 fully saturated rings. The van der Waals surface area contributed by atoms with Crippen LogP contribution in [0.15, 0.2) is 30.3 Å². The molecule has 0 aromatic heterocycles. The van der Waals surface area contributed by atoms with Gasteiger partial charge < -0.3 is 15.1 Å². The van der Waals surface area contributed by atoms with E-state index in [0.29, 0.717) is 19.5 Å². The maximum Gasteiger partial charge on any atom is 0.230 e. The maximum absolute atomic E-state index is 12.6. The number of rotatable bonds is 7. The van der Waals surface area contributed by atoms with Gasteiger partial charge in [0.25, 0.3) is 0 Å². The molecule has 2 unspecified atom stereocenters. The second kappa shape index (κ2) is 7.40. The third kappa shape index (κ3) is 4.07. The van der Waals surface area contributed by atoms with Gasteiger partial charge in [-0.3, -0.25) is 9.59 Å². The molecule has 2 rings (SSSR count). The highest BCUT2D eigenvalue weighted by molar-refractivity contribution is 6.01. The first-order valence-electron chi connectivity index (χ1n) is 7.83. The Morgan fingerprint density at radius 1 is 1.18 bits per heavy atom. The van der Waals surface area contributed by atoms with Crippen LogP contribution in [0.1, 0.15) is 13.3 Å². The summed E-state index contributed by atoms with van der Waals surface area (Å²) >= 11 is 0. The number of anilines is 1. The van der Waals surface area contributed by atoms with Gasteiger partial charge in [0.1, 0.15) is 0 Å². The van der Waals surface area contributed by atoms with Crippen molar-refractivity contribution in [3.8, 4) is 0 Å². The number of benzene rings is 1. The predicted molar refractivity (Wildman–Crippen MR) is 87.6 cm³/mol. The highest BCUT2D eigenvalue weighted by atomic mass is 16.2.